The van der Waals surface area contributed by atoms with Gasteiger partial charge in [0.25, 0.3) is 0 Å². The lowest BCUT2D eigenvalue weighted by molar-refractivity contribution is -0.142. The number of ether oxygens (including phenoxy) is 1. The smallest absolute Gasteiger partial charge is 0.326 e. The van der Waals surface area contributed by atoms with Crippen LogP contribution in [0.3, 0.4) is 0 Å². The highest BCUT2D eigenvalue weighted by molar-refractivity contribution is 5.83. The van der Waals surface area contributed by atoms with E-state index in [2.05, 4.69) is 5.32 Å². The average Bonchev–Trinajstić information content (AvgIpc) is 2.69. The topological polar surface area (TPSA) is 78.9 Å². The van der Waals surface area contributed by atoms with Crippen molar-refractivity contribution in [2.24, 2.45) is 5.92 Å². The minimum Gasteiger partial charge on any atom is -0.480 e. The lowest BCUT2D eigenvalue weighted by Gasteiger charge is -2.36. The number of carbonyl (C=O) groups excluding carboxylic acids is 1. The van der Waals surface area contributed by atoms with Crippen LogP contribution in [0, 0.1) is 5.92 Å². The number of carboxylic acid groups (broad SMARTS) is 1. The van der Waals surface area contributed by atoms with Gasteiger partial charge in [0.1, 0.15) is 6.04 Å². The number of hydrogen-bond donors (Lipinski definition) is 2. The minimum atomic E-state index is -0.919. The molecule has 0 saturated carbocycles. The predicted molar refractivity (Wildman–Crippen MR) is 73.5 cm³/mol. The monoisotopic (exact) mass is 284 g/mol. The minimum absolute atomic E-state index is 0.00406. The van der Waals surface area contributed by atoms with E-state index >= 15 is 0 Å². The molecule has 6 heteroatoms. The van der Waals surface area contributed by atoms with Crippen LogP contribution < -0.4 is 5.32 Å². The van der Waals surface area contributed by atoms with Gasteiger partial charge in [0.2, 0.25) is 0 Å². The van der Waals surface area contributed by atoms with Crippen LogP contribution in [-0.4, -0.2) is 52.8 Å². The summed E-state index contributed by atoms with van der Waals surface area (Å²) in [7, 11) is 0. The molecule has 6 nitrogen and oxygen atoms in total. The Balaban J connectivity index is 1.96. The Labute approximate surface area is 119 Å². The van der Waals surface area contributed by atoms with Crippen LogP contribution in [0.25, 0.3) is 0 Å². The Morgan fingerprint density at radius 3 is 2.65 bits per heavy atom. The first-order valence-electron chi connectivity index (χ1n) is 7.24. The molecular weight excluding hydrogens is 260 g/mol. The molecule has 2 N–H and O–H groups in total. The maximum Gasteiger partial charge on any atom is 0.326 e. The third-order valence-corrected chi connectivity index (χ3v) is 4.24. The van der Waals surface area contributed by atoms with Crippen LogP contribution in [0.15, 0.2) is 0 Å². The molecule has 0 radical (unpaired) electrons. The Bertz CT molecular complexity index is 397. The Hall–Kier alpha value is -1.30. The SMILES string of the molecule is CC1CCN(C(=O)NC2CCOC(C)(C)C2)C1C(=O)O. The Morgan fingerprint density at radius 2 is 2.05 bits per heavy atom. The van der Waals surface area contributed by atoms with E-state index in [1.54, 1.807) is 0 Å². The number of carbonyl (C=O) groups is 2. The van der Waals surface area contributed by atoms with E-state index in [1.165, 1.54) is 4.90 Å². The fourth-order valence-electron chi connectivity index (χ4n) is 3.16. The van der Waals surface area contributed by atoms with Crippen molar-refractivity contribution in [1.82, 2.24) is 10.2 Å². The summed E-state index contributed by atoms with van der Waals surface area (Å²) >= 11 is 0. The second-order valence-corrected chi connectivity index (χ2v) is 6.49. The molecule has 3 atom stereocenters. The highest BCUT2D eigenvalue weighted by atomic mass is 16.5. The molecule has 2 heterocycles. The number of rotatable bonds is 2. The summed E-state index contributed by atoms with van der Waals surface area (Å²) in [5.41, 5.74) is -0.235. The van der Waals surface area contributed by atoms with Crippen molar-refractivity contribution in [1.29, 1.82) is 0 Å². The molecule has 0 aromatic carbocycles. The number of hydrogen-bond acceptors (Lipinski definition) is 3. The van der Waals surface area contributed by atoms with Crippen molar-refractivity contribution < 1.29 is 19.4 Å². The number of aliphatic carboxylic acids is 1. The first-order valence-corrected chi connectivity index (χ1v) is 7.24. The molecule has 2 aliphatic heterocycles. The highest BCUT2D eigenvalue weighted by Crippen LogP contribution is 2.26. The lowest BCUT2D eigenvalue weighted by Crippen LogP contribution is -2.53. The van der Waals surface area contributed by atoms with Crippen LogP contribution in [0.4, 0.5) is 4.79 Å². The quantitative estimate of drug-likeness (QED) is 0.804. The molecule has 114 valence electrons. The summed E-state index contributed by atoms with van der Waals surface area (Å²) < 4.78 is 5.62. The number of urea groups is 1. The van der Waals surface area contributed by atoms with Gasteiger partial charge in [-0.3, -0.25) is 0 Å². The summed E-state index contributed by atoms with van der Waals surface area (Å²) in [6, 6.07) is -0.913. The lowest BCUT2D eigenvalue weighted by atomic mass is 9.94. The first kappa shape index (κ1) is 15.1. The summed E-state index contributed by atoms with van der Waals surface area (Å²) in [5, 5.41) is 12.2. The van der Waals surface area contributed by atoms with Crippen LogP contribution in [-0.2, 0) is 9.53 Å². The largest absolute Gasteiger partial charge is 0.480 e. The van der Waals surface area contributed by atoms with Crippen molar-refractivity contribution in [3.05, 3.63) is 0 Å². The zero-order valence-electron chi connectivity index (χ0n) is 12.4. The number of nitrogens with one attached hydrogen (secondary N) is 1. The number of nitrogens with zero attached hydrogens (tertiary/aromatic N) is 1. The standard InChI is InChI=1S/C14H24N2O4/c1-9-4-6-16(11(9)12(17)18)13(19)15-10-5-7-20-14(2,3)8-10/h9-11H,4-8H2,1-3H3,(H,15,19)(H,17,18). The van der Waals surface area contributed by atoms with Crippen LogP contribution in [0.1, 0.15) is 40.0 Å². The summed E-state index contributed by atoms with van der Waals surface area (Å²) in [6.07, 6.45) is 2.26. The molecule has 3 unspecified atom stereocenters. The second kappa shape index (κ2) is 5.60. The number of carboxylic acids is 1. The van der Waals surface area contributed by atoms with Crippen molar-refractivity contribution >= 4 is 12.0 Å². The zero-order chi connectivity index (χ0) is 14.9. The van der Waals surface area contributed by atoms with Crippen molar-refractivity contribution in [3.63, 3.8) is 0 Å². The molecule has 0 aromatic heterocycles. The molecule has 0 bridgehead atoms. The second-order valence-electron chi connectivity index (χ2n) is 6.49. The van der Waals surface area contributed by atoms with E-state index in [0.29, 0.717) is 13.2 Å². The van der Waals surface area contributed by atoms with Gasteiger partial charge in [-0.05, 0) is 39.0 Å². The van der Waals surface area contributed by atoms with Gasteiger partial charge in [-0.15, -0.1) is 0 Å². The molecule has 2 amide bonds. The average molecular weight is 284 g/mol. The van der Waals surface area contributed by atoms with Gasteiger partial charge in [0.05, 0.1) is 5.60 Å². The summed E-state index contributed by atoms with van der Waals surface area (Å²) in [6.45, 7) is 7.02. The molecule has 0 aliphatic carbocycles. The third kappa shape index (κ3) is 3.23. The Kier molecular flexibility index (Phi) is 4.22. The van der Waals surface area contributed by atoms with E-state index in [0.717, 1.165) is 19.3 Å². The van der Waals surface area contributed by atoms with Gasteiger partial charge >= 0.3 is 12.0 Å². The number of likely N-dealkylation sites (tertiary alicyclic amines) is 1. The highest BCUT2D eigenvalue weighted by Gasteiger charge is 2.40. The third-order valence-electron chi connectivity index (χ3n) is 4.24. The van der Waals surface area contributed by atoms with E-state index in [-0.39, 0.29) is 23.6 Å². The molecule has 2 saturated heterocycles. The van der Waals surface area contributed by atoms with Gasteiger partial charge in [-0.1, -0.05) is 6.92 Å². The van der Waals surface area contributed by atoms with E-state index in [9.17, 15) is 14.7 Å². The molecule has 0 aromatic rings. The summed E-state index contributed by atoms with van der Waals surface area (Å²) in [4.78, 5) is 25.0. The molecule has 2 rings (SSSR count). The molecule has 0 spiro atoms. The van der Waals surface area contributed by atoms with Crippen molar-refractivity contribution in [2.75, 3.05) is 13.2 Å². The maximum atomic E-state index is 12.3. The van der Waals surface area contributed by atoms with E-state index < -0.39 is 12.0 Å². The molecule has 2 fully saturated rings. The normalized spacial score (nSPS) is 33.0. The van der Waals surface area contributed by atoms with E-state index in [1.807, 2.05) is 20.8 Å². The van der Waals surface area contributed by atoms with Gasteiger partial charge in [0, 0.05) is 19.2 Å². The first-order chi connectivity index (χ1) is 9.30. The van der Waals surface area contributed by atoms with E-state index in [4.69, 9.17) is 4.74 Å². The van der Waals surface area contributed by atoms with Gasteiger partial charge in [-0.2, -0.15) is 0 Å². The van der Waals surface area contributed by atoms with Gasteiger partial charge in [-0.25, -0.2) is 9.59 Å². The van der Waals surface area contributed by atoms with Crippen molar-refractivity contribution in [3.8, 4) is 0 Å². The zero-order valence-corrected chi connectivity index (χ0v) is 12.4. The van der Waals surface area contributed by atoms with Crippen LogP contribution in [0.2, 0.25) is 0 Å². The molecule has 20 heavy (non-hydrogen) atoms. The number of amides is 2. The molecule has 2 aliphatic rings. The predicted octanol–water partition coefficient (Wildman–Crippen LogP) is 1.45. The van der Waals surface area contributed by atoms with Crippen LogP contribution in [0.5, 0.6) is 0 Å². The van der Waals surface area contributed by atoms with Crippen LogP contribution >= 0.6 is 0 Å². The summed E-state index contributed by atoms with van der Waals surface area (Å²) in [5.74, 6) is -0.915. The van der Waals surface area contributed by atoms with Gasteiger partial charge < -0.3 is 20.1 Å². The molecular formula is C14H24N2O4. The van der Waals surface area contributed by atoms with Gasteiger partial charge in [0.15, 0.2) is 0 Å². The fraction of sp³-hybridized carbons (Fsp3) is 0.857. The maximum absolute atomic E-state index is 12.3. The Morgan fingerprint density at radius 1 is 1.35 bits per heavy atom. The fourth-order valence-corrected chi connectivity index (χ4v) is 3.16. The van der Waals surface area contributed by atoms with Crippen molar-refractivity contribution in [2.45, 2.75) is 57.7 Å².